The van der Waals surface area contributed by atoms with E-state index in [1.807, 2.05) is 62.4 Å². The Bertz CT molecular complexity index is 1240. The molecule has 0 radical (unpaired) electrons. The number of nitrogens with zero attached hydrogens (tertiary/aromatic N) is 1. The fourth-order valence-electron chi connectivity index (χ4n) is 5.37. The minimum Gasteiger partial charge on any atom is -0.492 e. The molecule has 2 fully saturated rings. The van der Waals surface area contributed by atoms with E-state index in [1.165, 1.54) is 38.8 Å². The number of likely N-dealkylation sites (tertiary alicyclic amines) is 1. The fourth-order valence-corrected chi connectivity index (χ4v) is 5.37. The maximum atomic E-state index is 13.4. The Morgan fingerprint density at radius 1 is 1.05 bits per heavy atom. The van der Waals surface area contributed by atoms with Gasteiger partial charge in [0.15, 0.2) is 0 Å². The molecule has 2 aliphatic rings. The highest BCUT2D eigenvalue weighted by molar-refractivity contribution is 6.02. The van der Waals surface area contributed by atoms with Crippen molar-refractivity contribution >= 4 is 22.7 Å². The number of amides is 2. The highest BCUT2D eigenvalue weighted by Gasteiger charge is 2.28. The van der Waals surface area contributed by atoms with Crippen LogP contribution in [0.3, 0.4) is 0 Å². The number of carbonyl (C=O) groups is 2. The third-order valence-corrected chi connectivity index (χ3v) is 7.99. The number of aromatic nitrogens is 1. The van der Waals surface area contributed by atoms with Gasteiger partial charge in [0.2, 0.25) is 5.91 Å². The van der Waals surface area contributed by atoms with Crippen molar-refractivity contribution in [3.05, 3.63) is 65.4 Å². The molecule has 3 N–H and O–H groups in total. The summed E-state index contributed by atoms with van der Waals surface area (Å²) in [4.78, 5) is 32.3. The molecule has 3 aromatic rings. The van der Waals surface area contributed by atoms with Gasteiger partial charge in [0, 0.05) is 17.4 Å². The topological polar surface area (TPSA) is 86.5 Å². The van der Waals surface area contributed by atoms with Gasteiger partial charge in [-0.1, -0.05) is 43.2 Å². The number of fused-ring (bicyclic) bond motifs is 1. The van der Waals surface area contributed by atoms with Crippen LogP contribution >= 0.6 is 0 Å². The number of para-hydroxylation sites is 1. The van der Waals surface area contributed by atoms with Gasteiger partial charge in [-0.25, -0.2) is 0 Å². The molecule has 7 nitrogen and oxygen atoms in total. The first-order valence-corrected chi connectivity index (χ1v) is 14.1. The van der Waals surface area contributed by atoms with Crippen LogP contribution < -0.4 is 15.4 Å². The second-order valence-electron chi connectivity index (χ2n) is 10.9. The average Bonchev–Trinajstić information content (AvgIpc) is 3.49. The van der Waals surface area contributed by atoms with Crippen molar-refractivity contribution in [2.24, 2.45) is 5.92 Å². The lowest BCUT2D eigenvalue weighted by molar-refractivity contribution is -0.123. The number of H-pyrrole nitrogens is 1. The van der Waals surface area contributed by atoms with Gasteiger partial charge in [0.25, 0.3) is 5.91 Å². The van der Waals surface area contributed by atoms with E-state index in [2.05, 4.69) is 20.5 Å². The van der Waals surface area contributed by atoms with E-state index in [9.17, 15) is 9.59 Å². The van der Waals surface area contributed by atoms with Crippen LogP contribution in [0.25, 0.3) is 10.9 Å². The smallest absolute Gasteiger partial charge is 0.268 e. The first-order chi connectivity index (χ1) is 18.5. The van der Waals surface area contributed by atoms with E-state index in [4.69, 9.17) is 4.74 Å². The van der Waals surface area contributed by atoms with Crippen molar-refractivity contribution < 1.29 is 14.3 Å². The van der Waals surface area contributed by atoms with E-state index in [0.29, 0.717) is 24.6 Å². The van der Waals surface area contributed by atoms with E-state index in [1.54, 1.807) is 0 Å². The third-order valence-electron chi connectivity index (χ3n) is 7.99. The summed E-state index contributed by atoms with van der Waals surface area (Å²) in [5, 5.41) is 7.17. The lowest BCUT2D eigenvalue weighted by atomic mass is 10.0. The molecular formula is C31H40N4O3. The first-order valence-electron chi connectivity index (χ1n) is 14.1. The third kappa shape index (κ3) is 6.57. The number of benzene rings is 2. The van der Waals surface area contributed by atoms with Crippen molar-refractivity contribution in [3.8, 4) is 5.75 Å². The summed E-state index contributed by atoms with van der Waals surface area (Å²) >= 11 is 0. The second kappa shape index (κ2) is 12.0. The Hall–Kier alpha value is -3.32. The Morgan fingerprint density at radius 3 is 2.50 bits per heavy atom. The molecule has 2 heterocycles. The Kier molecular flexibility index (Phi) is 8.32. The van der Waals surface area contributed by atoms with E-state index < -0.39 is 6.04 Å². The molecule has 0 bridgehead atoms. The number of hydrogen-bond donors (Lipinski definition) is 3. The molecule has 2 amide bonds. The zero-order valence-electron chi connectivity index (χ0n) is 22.6. The van der Waals surface area contributed by atoms with Crippen LogP contribution in [-0.4, -0.2) is 54.0 Å². The maximum absolute atomic E-state index is 13.4. The summed E-state index contributed by atoms with van der Waals surface area (Å²) in [6, 6.07) is 15.0. The van der Waals surface area contributed by atoms with Crippen molar-refractivity contribution in [2.75, 3.05) is 26.2 Å². The maximum Gasteiger partial charge on any atom is 0.268 e. The summed E-state index contributed by atoms with van der Waals surface area (Å²) in [6.07, 6.45) is 6.58. The monoisotopic (exact) mass is 516 g/mol. The zero-order chi connectivity index (χ0) is 26.5. The SMILES string of the molecule is Cc1c(C(=O)N[C@@H](CCC2CC2)C(=O)NC(C)c2ccc(OCCN3CCCC3)cc2)[nH]c2ccccc12. The summed E-state index contributed by atoms with van der Waals surface area (Å²) in [6.45, 7) is 7.90. The molecule has 2 atom stereocenters. The van der Waals surface area contributed by atoms with Gasteiger partial charge in [-0.15, -0.1) is 0 Å². The van der Waals surface area contributed by atoms with Gasteiger partial charge in [-0.2, -0.15) is 0 Å². The molecule has 2 aromatic carbocycles. The van der Waals surface area contributed by atoms with Crippen LogP contribution in [0.1, 0.15) is 73.1 Å². The van der Waals surface area contributed by atoms with E-state index in [0.717, 1.165) is 40.7 Å². The van der Waals surface area contributed by atoms with Gasteiger partial charge in [-0.05, 0) is 87.9 Å². The Balaban J connectivity index is 1.18. The molecule has 1 unspecified atom stereocenters. The van der Waals surface area contributed by atoms with Gasteiger partial charge < -0.3 is 20.4 Å². The fraction of sp³-hybridized carbons (Fsp3) is 0.484. The van der Waals surface area contributed by atoms with Crippen LogP contribution in [0, 0.1) is 12.8 Å². The van der Waals surface area contributed by atoms with Crippen molar-refractivity contribution in [1.29, 1.82) is 0 Å². The number of rotatable bonds is 12. The summed E-state index contributed by atoms with van der Waals surface area (Å²) < 4.78 is 5.92. The summed E-state index contributed by atoms with van der Waals surface area (Å²) in [5.74, 6) is 1.13. The lowest BCUT2D eigenvalue weighted by Crippen LogP contribution is -2.47. The molecule has 202 valence electrons. The predicted octanol–water partition coefficient (Wildman–Crippen LogP) is 5.12. The number of nitrogens with one attached hydrogen (secondary N) is 3. The minimum absolute atomic E-state index is 0.147. The average molecular weight is 517 g/mol. The predicted molar refractivity (Wildman–Crippen MR) is 150 cm³/mol. The molecule has 1 aliphatic carbocycles. The number of carbonyl (C=O) groups excluding carboxylic acids is 2. The molecule has 1 saturated heterocycles. The molecule has 0 spiro atoms. The van der Waals surface area contributed by atoms with Crippen LogP contribution in [0.2, 0.25) is 0 Å². The summed E-state index contributed by atoms with van der Waals surface area (Å²) in [7, 11) is 0. The summed E-state index contributed by atoms with van der Waals surface area (Å²) in [5.41, 5.74) is 3.34. The quantitative estimate of drug-likeness (QED) is 0.312. The molecule has 1 aliphatic heterocycles. The minimum atomic E-state index is -0.579. The normalized spacial score (nSPS) is 17.3. The van der Waals surface area contributed by atoms with Crippen LogP contribution in [-0.2, 0) is 4.79 Å². The van der Waals surface area contributed by atoms with Gasteiger partial charge in [0.05, 0.1) is 6.04 Å². The highest BCUT2D eigenvalue weighted by atomic mass is 16.5. The zero-order valence-corrected chi connectivity index (χ0v) is 22.6. The second-order valence-corrected chi connectivity index (χ2v) is 10.9. The van der Waals surface area contributed by atoms with Crippen molar-refractivity contribution in [3.63, 3.8) is 0 Å². The number of hydrogen-bond acceptors (Lipinski definition) is 4. The highest BCUT2D eigenvalue weighted by Crippen LogP contribution is 2.34. The van der Waals surface area contributed by atoms with E-state index >= 15 is 0 Å². The number of aromatic amines is 1. The molecule has 7 heteroatoms. The Labute approximate surface area is 225 Å². The van der Waals surface area contributed by atoms with Gasteiger partial charge in [-0.3, -0.25) is 14.5 Å². The van der Waals surface area contributed by atoms with Gasteiger partial charge in [0.1, 0.15) is 24.1 Å². The van der Waals surface area contributed by atoms with Gasteiger partial charge >= 0.3 is 0 Å². The molecule has 5 rings (SSSR count). The molecule has 1 saturated carbocycles. The largest absolute Gasteiger partial charge is 0.492 e. The standard InChI is InChI=1S/C31H40N4O3/c1-21-26-7-3-4-8-27(26)33-29(21)31(37)34-28(16-11-23-9-10-23)30(36)32-22(2)24-12-14-25(15-13-24)38-20-19-35-17-5-6-18-35/h3-4,7-8,12-15,22-23,28,33H,5-6,9-11,16-20H2,1-2H3,(H,32,36)(H,34,37)/t22?,28-/m0/s1. The lowest BCUT2D eigenvalue weighted by Gasteiger charge is -2.22. The Morgan fingerprint density at radius 2 is 1.79 bits per heavy atom. The van der Waals surface area contributed by atoms with Crippen LogP contribution in [0.4, 0.5) is 0 Å². The van der Waals surface area contributed by atoms with E-state index in [-0.39, 0.29) is 17.9 Å². The van der Waals surface area contributed by atoms with Crippen molar-refractivity contribution in [2.45, 2.75) is 64.5 Å². The number of aryl methyl sites for hydroxylation is 1. The molecular weight excluding hydrogens is 476 g/mol. The molecule has 38 heavy (non-hydrogen) atoms. The van der Waals surface area contributed by atoms with Crippen LogP contribution in [0.15, 0.2) is 48.5 Å². The number of ether oxygens (including phenoxy) is 1. The van der Waals surface area contributed by atoms with Crippen LogP contribution in [0.5, 0.6) is 5.75 Å². The molecule has 1 aromatic heterocycles. The first kappa shape index (κ1) is 26.3. The van der Waals surface area contributed by atoms with Crippen molar-refractivity contribution in [1.82, 2.24) is 20.5 Å².